The van der Waals surface area contributed by atoms with Gasteiger partial charge >= 0.3 is 0 Å². The summed E-state index contributed by atoms with van der Waals surface area (Å²) in [5.74, 6) is 0.940. The molecule has 0 saturated carbocycles. The summed E-state index contributed by atoms with van der Waals surface area (Å²) in [6, 6.07) is 0.697. The molecule has 0 aromatic heterocycles. The quantitative estimate of drug-likeness (QED) is 0.833. The summed E-state index contributed by atoms with van der Waals surface area (Å²) in [7, 11) is 1.86. The Morgan fingerprint density at radius 3 is 3.00 bits per heavy atom. The van der Waals surface area contributed by atoms with Crippen molar-refractivity contribution < 1.29 is 4.74 Å². The second kappa shape index (κ2) is 6.36. The molecule has 1 N–H and O–H groups in total. The Balaban J connectivity index is 1.81. The summed E-state index contributed by atoms with van der Waals surface area (Å²) < 4.78 is 5.68. The smallest absolute Gasteiger partial charge is 0.0777 e. The molecule has 3 unspecified atom stereocenters. The molecule has 3 nitrogen and oxygen atoms in total. The molecule has 2 fully saturated rings. The number of likely N-dealkylation sites (tertiary alicyclic amines) is 1. The van der Waals surface area contributed by atoms with Crippen molar-refractivity contribution in [3.05, 3.63) is 0 Å². The Hall–Kier alpha value is -0.120. The van der Waals surface area contributed by atoms with Crippen LogP contribution in [0, 0.1) is 5.92 Å². The van der Waals surface area contributed by atoms with Gasteiger partial charge in [0.25, 0.3) is 0 Å². The van der Waals surface area contributed by atoms with Gasteiger partial charge in [0.15, 0.2) is 0 Å². The lowest BCUT2D eigenvalue weighted by atomic mass is 9.89. The summed E-state index contributed by atoms with van der Waals surface area (Å²) in [5, 5.41) is 3.69. The molecule has 0 aromatic carbocycles. The van der Waals surface area contributed by atoms with Gasteiger partial charge in [0, 0.05) is 26.2 Å². The third-order valence-electron chi connectivity index (χ3n) is 4.89. The van der Waals surface area contributed by atoms with Crippen LogP contribution in [0.15, 0.2) is 0 Å². The molecule has 2 aliphatic rings. The van der Waals surface area contributed by atoms with Crippen LogP contribution in [0.3, 0.4) is 0 Å². The van der Waals surface area contributed by atoms with Gasteiger partial charge in [-0.3, -0.25) is 4.90 Å². The van der Waals surface area contributed by atoms with E-state index in [2.05, 4.69) is 24.1 Å². The Morgan fingerprint density at radius 1 is 1.44 bits per heavy atom. The summed E-state index contributed by atoms with van der Waals surface area (Å²) in [5.41, 5.74) is 0.0804. The van der Waals surface area contributed by atoms with Crippen molar-refractivity contribution in [2.45, 2.75) is 57.6 Å². The molecule has 3 heteroatoms. The third-order valence-corrected chi connectivity index (χ3v) is 4.89. The van der Waals surface area contributed by atoms with Crippen LogP contribution < -0.4 is 5.32 Å². The molecule has 106 valence electrons. The maximum Gasteiger partial charge on any atom is 0.0777 e. The van der Waals surface area contributed by atoms with E-state index in [1.54, 1.807) is 0 Å². The van der Waals surface area contributed by atoms with E-state index in [-0.39, 0.29) is 5.60 Å². The Bertz CT molecular complexity index is 259. The van der Waals surface area contributed by atoms with Gasteiger partial charge in [-0.15, -0.1) is 0 Å². The molecule has 2 saturated heterocycles. The average molecular weight is 254 g/mol. The lowest BCUT2D eigenvalue weighted by molar-refractivity contribution is -0.0531. The zero-order chi connectivity index (χ0) is 13.0. The topological polar surface area (TPSA) is 24.5 Å². The second-order valence-corrected chi connectivity index (χ2v) is 6.44. The van der Waals surface area contributed by atoms with Crippen molar-refractivity contribution in [3.63, 3.8) is 0 Å². The van der Waals surface area contributed by atoms with Crippen LogP contribution in [0.2, 0.25) is 0 Å². The van der Waals surface area contributed by atoms with Gasteiger partial charge in [-0.25, -0.2) is 0 Å². The molecule has 0 aromatic rings. The van der Waals surface area contributed by atoms with E-state index in [4.69, 9.17) is 4.74 Å². The number of ether oxygens (including phenoxy) is 1. The fourth-order valence-electron chi connectivity index (χ4n) is 3.55. The van der Waals surface area contributed by atoms with Gasteiger partial charge in [0.05, 0.1) is 5.60 Å². The summed E-state index contributed by atoms with van der Waals surface area (Å²) in [4.78, 5) is 2.60. The van der Waals surface area contributed by atoms with Gasteiger partial charge in [-0.1, -0.05) is 13.3 Å². The minimum atomic E-state index is 0.0804. The molecular weight excluding hydrogens is 224 g/mol. The van der Waals surface area contributed by atoms with E-state index in [1.807, 2.05) is 7.11 Å². The van der Waals surface area contributed by atoms with Crippen molar-refractivity contribution in [1.29, 1.82) is 0 Å². The van der Waals surface area contributed by atoms with Gasteiger partial charge in [0.1, 0.15) is 0 Å². The molecule has 2 heterocycles. The number of methoxy groups -OCH3 is 1. The lowest BCUT2D eigenvalue weighted by Gasteiger charge is -2.42. The van der Waals surface area contributed by atoms with E-state index in [0.717, 1.165) is 12.5 Å². The number of nitrogens with zero attached hydrogens (tertiary/aromatic N) is 1. The van der Waals surface area contributed by atoms with Crippen LogP contribution in [0.4, 0.5) is 0 Å². The molecule has 18 heavy (non-hydrogen) atoms. The molecule has 2 rings (SSSR count). The van der Waals surface area contributed by atoms with Crippen molar-refractivity contribution >= 4 is 0 Å². The lowest BCUT2D eigenvalue weighted by Crippen LogP contribution is -2.52. The highest BCUT2D eigenvalue weighted by atomic mass is 16.5. The van der Waals surface area contributed by atoms with Crippen molar-refractivity contribution in [1.82, 2.24) is 10.2 Å². The SMILES string of the molecule is CCC1CCNC(CN2CCCC(C)(OC)C2)C1. The summed E-state index contributed by atoms with van der Waals surface area (Å²) >= 11 is 0. The maximum atomic E-state index is 5.68. The maximum absolute atomic E-state index is 5.68. The number of rotatable bonds is 4. The van der Waals surface area contributed by atoms with Crippen LogP contribution >= 0.6 is 0 Å². The molecule has 0 bridgehead atoms. The number of hydrogen-bond donors (Lipinski definition) is 1. The molecule has 0 amide bonds. The molecule has 0 aliphatic carbocycles. The van der Waals surface area contributed by atoms with Crippen molar-refractivity contribution in [3.8, 4) is 0 Å². The van der Waals surface area contributed by atoms with E-state index in [9.17, 15) is 0 Å². The molecule has 0 radical (unpaired) electrons. The fourth-order valence-corrected chi connectivity index (χ4v) is 3.55. The van der Waals surface area contributed by atoms with Gasteiger partial charge in [-0.05, 0) is 51.6 Å². The zero-order valence-corrected chi connectivity index (χ0v) is 12.4. The van der Waals surface area contributed by atoms with E-state index < -0.39 is 0 Å². The highest BCUT2D eigenvalue weighted by molar-refractivity contribution is 4.88. The van der Waals surface area contributed by atoms with Gasteiger partial charge in [0.2, 0.25) is 0 Å². The Kier molecular flexibility index (Phi) is 5.05. The van der Waals surface area contributed by atoms with Gasteiger partial charge in [-0.2, -0.15) is 0 Å². The standard InChI is InChI=1S/C15H30N2O/c1-4-13-6-8-16-14(10-13)11-17-9-5-7-15(2,12-17)18-3/h13-14,16H,4-12H2,1-3H3. The first kappa shape index (κ1) is 14.3. The zero-order valence-electron chi connectivity index (χ0n) is 12.4. The Morgan fingerprint density at radius 2 is 2.28 bits per heavy atom. The second-order valence-electron chi connectivity index (χ2n) is 6.44. The largest absolute Gasteiger partial charge is 0.377 e. The predicted octanol–water partition coefficient (Wildman–Crippen LogP) is 2.27. The normalized spacial score (nSPS) is 38.8. The first-order chi connectivity index (χ1) is 8.65. The number of hydrogen-bond acceptors (Lipinski definition) is 3. The van der Waals surface area contributed by atoms with Crippen LogP contribution in [0.5, 0.6) is 0 Å². The molecule has 0 spiro atoms. The molecule has 3 atom stereocenters. The molecular formula is C15H30N2O. The number of piperidine rings is 2. The molecule has 2 aliphatic heterocycles. The number of nitrogens with one attached hydrogen (secondary N) is 1. The average Bonchev–Trinajstić information content (AvgIpc) is 2.39. The van der Waals surface area contributed by atoms with Crippen molar-refractivity contribution in [2.24, 2.45) is 5.92 Å². The first-order valence-corrected chi connectivity index (χ1v) is 7.66. The van der Waals surface area contributed by atoms with E-state index >= 15 is 0 Å². The summed E-state index contributed by atoms with van der Waals surface area (Å²) in [6.45, 7) is 9.33. The third kappa shape index (κ3) is 3.69. The predicted molar refractivity (Wildman–Crippen MR) is 75.9 cm³/mol. The minimum Gasteiger partial charge on any atom is -0.377 e. The van der Waals surface area contributed by atoms with Crippen LogP contribution in [0.25, 0.3) is 0 Å². The monoisotopic (exact) mass is 254 g/mol. The van der Waals surface area contributed by atoms with Crippen LogP contribution in [-0.2, 0) is 4.74 Å². The van der Waals surface area contributed by atoms with Gasteiger partial charge < -0.3 is 10.1 Å². The van der Waals surface area contributed by atoms with Crippen LogP contribution in [0.1, 0.15) is 46.0 Å². The highest BCUT2D eigenvalue weighted by Gasteiger charge is 2.32. The summed E-state index contributed by atoms with van der Waals surface area (Å²) in [6.07, 6.45) is 6.54. The van der Waals surface area contributed by atoms with Crippen LogP contribution in [-0.4, -0.2) is 49.8 Å². The van der Waals surface area contributed by atoms with E-state index in [0.29, 0.717) is 6.04 Å². The first-order valence-electron chi connectivity index (χ1n) is 7.66. The fraction of sp³-hybridized carbons (Fsp3) is 1.00. The van der Waals surface area contributed by atoms with Crippen molar-refractivity contribution in [2.75, 3.05) is 33.3 Å². The minimum absolute atomic E-state index is 0.0804. The van der Waals surface area contributed by atoms with E-state index in [1.165, 1.54) is 51.7 Å². The Labute approximate surface area is 112 Å². The highest BCUT2D eigenvalue weighted by Crippen LogP contribution is 2.25.